The summed E-state index contributed by atoms with van der Waals surface area (Å²) in [5, 5.41) is 10.3. The third-order valence-corrected chi connectivity index (χ3v) is 4.85. The van der Waals surface area contributed by atoms with Crippen molar-refractivity contribution in [3.05, 3.63) is 54.0 Å². The largest absolute Gasteiger partial charge is 0.497 e. The molecule has 2 unspecified atom stereocenters. The number of rotatable bonds is 7. The monoisotopic (exact) mass is 343 g/mol. The van der Waals surface area contributed by atoms with Crippen molar-refractivity contribution < 1.29 is 19.1 Å². The maximum atomic E-state index is 12.6. The predicted octanol–water partition coefficient (Wildman–Crippen LogP) is 3.34. The number of ether oxygens (including phenoxy) is 1. The highest BCUT2D eigenvalue weighted by Gasteiger charge is 2.30. The highest BCUT2D eigenvalue weighted by atomic mass is 16.5. The van der Waals surface area contributed by atoms with Gasteiger partial charge < -0.3 is 19.2 Å². The molecule has 5 heteroatoms. The minimum Gasteiger partial charge on any atom is -0.497 e. The second-order valence-electron chi connectivity index (χ2n) is 6.50. The molecule has 5 nitrogen and oxygen atoms in total. The molecule has 1 aliphatic heterocycles. The summed E-state index contributed by atoms with van der Waals surface area (Å²) in [5.41, 5.74) is 1.13. The summed E-state index contributed by atoms with van der Waals surface area (Å²) in [6.45, 7) is 0.775. The number of furan rings is 1. The highest BCUT2D eigenvalue weighted by molar-refractivity contribution is 5.77. The Morgan fingerprint density at radius 2 is 2.16 bits per heavy atom. The van der Waals surface area contributed by atoms with Gasteiger partial charge in [-0.15, -0.1) is 0 Å². The summed E-state index contributed by atoms with van der Waals surface area (Å²) in [4.78, 5) is 14.5. The van der Waals surface area contributed by atoms with Gasteiger partial charge >= 0.3 is 0 Å². The lowest BCUT2D eigenvalue weighted by Gasteiger charge is -2.26. The zero-order valence-corrected chi connectivity index (χ0v) is 14.6. The van der Waals surface area contributed by atoms with Gasteiger partial charge in [-0.25, -0.2) is 0 Å². The second kappa shape index (κ2) is 8.21. The lowest BCUT2D eigenvalue weighted by atomic mass is 10.0. The van der Waals surface area contributed by atoms with Crippen LogP contribution < -0.4 is 4.74 Å². The Morgan fingerprint density at radius 3 is 2.84 bits per heavy atom. The number of aliphatic hydroxyl groups excluding tert-OH is 1. The van der Waals surface area contributed by atoms with Crippen molar-refractivity contribution >= 4 is 5.91 Å². The van der Waals surface area contributed by atoms with Crippen LogP contribution in [0.25, 0.3) is 0 Å². The van der Waals surface area contributed by atoms with Crippen molar-refractivity contribution in [2.75, 3.05) is 13.7 Å². The van der Waals surface area contributed by atoms with Crippen LogP contribution in [0.4, 0.5) is 0 Å². The Labute approximate surface area is 148 Å². The van der Waals surface area contributed by atoms with E-state index in [4.69, 9.17) is 9.15 Å². The number of hydrogen-bond acceptors (Lipinski definition) is 4. The number of methoxy groups -OCH3 is 1. The Kier molecular flexibility index (Phi) is 5.76. The topological polar surface area (TPSA) is 62.9 Å². The van der Waals surface area contributed by atoms with Gasteiger partial charge in [0.05, 0.1) is 13.4 Å². The van der Waals surface area contributed by atoms with E-state index in [1.165, 1.54) is 0 Å². The molecule has 0 aliphatic carbocycles. The van der Waals surface area contributed by atoms with E-state index in [0.717, 1.165) is 30.7 Å². The van der Waals surface area contributed by atoms with Gasteiger partial charge in [-0.05, 0) is 49.1 Å². The Morgan fingerprint density at radius 1 is 1.36 bits per heavy atom. The fourth-order valence-corrected chi connectivity index (χ4v) is 3.45. The minimum atomic E-state index is -0.657. The van der Waals surface area contributed by atoms with Crippen molar-refractivity contribution in [2.45, 2.75) is 44.2 Å². The Balaban J connectivity index is 1.53. The first-order valence-corrected chi connectivity index (χ1v) is 8.81. The third-order valence-electron chi connectivity index (χ3n) is 4.85. The first-order chi connectivity index (χ1) is 12.2. The van der Waals surface area contributed by atoms with E-state index < -0.39 is 6.10 Å². The molecule has 1 aromatic heterocycles. The van der Waals surface area contributed by atoms with E-state index in [0.29, 0.717) is 25.0 Å². The molecule has 1 aliphatic rings. The molecule has 134 valence electrons. The summed E-state index contributed by atoms with van der Waals surface area (Å²) >= 11 is 0. The number of aliphatic hydroxyl groups is 1. The average molecular weight is 343 g/mol. The molecule has 2 atom stereocenters. The third kappa shape index (κ3) is 4.42. The highest BCUT2D eigenvalue weighted by Crippen LogP contribution is 2.28. The van der Waals surface area contributed by atoms with Crippen LogP contribution >= 0.6 is 0 Å². The summed E-state index contributed by atoms with van der Waals surface area (Å²) in [6, 6.07) is 11.4. The van der Waals surface area contributed by atoms with E-state index in [1.807, 2.05) is 29.2 Å². The first kappa shape index (κ1) is 17.5. The summed E-state index contributed by atoms with van der Waals surface area (Å²) in [5.74, 6) is 1.55. The molecule has 1 saturated heterocycles. The molecule has 0 spiro atoms. The molecular weight excluding hydrogens is 318 g/mol. The summed E-state index contributed by atoms with van der Waals surface area (Å²) in [7, 11) is 1.64. The van der Waals surface area contributed by atoms with Crippen molar-refractivity contribution in [3.63, 3.8) is 0 Å². The molecule has 2 aromatic rings. The van der Waals surface area contributed by atoms with E-state index >= 15 is 0 Å². The molecule has 1 N–H and O–H groups in total. The van der Waals surface area contributed by atoms with E-state index in [1.54, 1.807) is 25.5 Å². The van der Waals surface area contributed by atoms with Crippen molar-refractivity contribution in [1.82, 2.24) is 4.90 Å². The second-order valence-corrected chi connectivity index (χ2v) is 6.50. The van der Waals surface area contributed by atoms with Gasteiger partial charge in [-0.2, -0.15) is 0 Å². The van der Waals surface area contributed by atoms with Crippen LogP contribution in [0.15, 0.2) is 47.1 Å². The Hall–Kier alpha value is -2.27. The minimum absolute atomic E-state index is 0.0865. The quantitative estimate of drug-likeness (QED) is 0.837. The molecule has 0 radical (unpaired) electrons. The van der Waals surface area contributed by atoms with Crippen molar-refractivity contribution in [2.24, 2.45) is 0 Å². The van der Waals surface area contributed by atoms with Gasteiger partial charge in [-0.3, -0.25) is 4.79 Å². The number of aryl methyl sites for hydroxylation is 1. The van der Waals surface area contributed by atoms with Crippen LogP contribution in [-0.2, 0) is 11.2 Å². The fourth-order valence-electron chi connectivity index (χ4n) is 3.45. The van der Waals surface area contributed by atoms with Gasteiger partial charge in [0.25, 0.3) is 0 Å². The maximum Gasteiger partial charge on any atom is 0.223 e. The molecule has 25 heavy (non-hydrogen) atoms. The molecule has 1 fully saturated rings. The number of benzene rings is 1. The molecule has 1 amide bonds. The number of carbonyl (C=O) groups excluding carboxylic acids is 1. The van der Waals surface area contributed by atoms with Crippen LogP contribution in [0, 0.1) is 0 Å². The van der Waals surface area contributed by atoms with Crippen LogP contribution in [0.1, 0.15) is 43.1 Å². The molecule has 2 heterocycles. The van der Waals surface area contributed by atoms with Crippen LogP contribution in [0.5, 0.6) is 5.75 Å². The molecule has 0 bridgehead atoms. The number of carbonyl (C=O) groups is 1. The zero-order chi connectivity index (χ0) is 17.6. The van der Waals surface area contributed by atoms with Crippen LogP contribution in [0.2, 0.25) is 0 Å². The molecule has 1 aromatic carbocycles. The number of amides is 1. The maximum absolute atomic E-state index is 12.6. The smallest absolute Gasteiger partial charge is 0.223 e. The van der Waals surface area contributed by atoms with Gasteiger partial charge in [0.2, 0.25) is 5.91 Å². The van der Waals surface area contributed by atoms with Crippen LogP contribution in [0.3, 0.4) is 0 Å². The first-order valence-electron chi connectivity index (χ1n) is 8.81. The van der Waals surface area contributed by atoms with Gasteiger partial charge in [0.1, 0.15) is 17.6 Å². The van der Waals surface area contributed by atoms with Crippen molar-refractivity contribution in [1.29, 1.82) is 0 Å². The van der Waals surface area contributed by atoms with Crippen molar-refractivity contribution in [3.8, 4) is 5.75 Å². The lowest BCUT2D eigenvalue weighted by Crippen LogP contribution is -2.36. The normalized spacial score (nSPS) is 18.3. The summed E-state index contributed by atoms with van der Waals surface area (Å²) in [6.07, 6.45) is 4.56. The Bertz CT molecular complexity index is 666. The average Bonchev–Trinajstić information content (AvgIpc) is 3.32. The SMILES string of the molecule is COc1ccc(CCC(=O)N2CCCC2CC(O)c2ccco2)cc1. The zero-order valence-electron chi connectivity index (χ0n) is 14.6. The predicted molar refractivity (Wildman–Crippen MR) is 94.3 cm³/mol. The molecule has 0 saturated carbocycles. The number of nitrogens with zero attached hydrogens (tertiary/aromatic N) is 1. The van der Waals surface area contributed by atoms with E-state index in [-0.39, 0.29) is 11.9 Å². The van der Waals surface area contributed by atoms with E-state index in [2.05, 4.69) is 0 Å². The molecular formula is C20H25NO4. The standard InChI is InChI=1S/C20H25NO4/c1-24-17-9-6-15(7-10-17)8-11-20(23)21-12-2-4-16(21)14-18(22)19-5-3-13-25-19/h3,5-7,9-10,13,16,18,22H,2,4,8,11-12,14H2,1H3. The van der Waals surface area contributed by atoms with Gasteiger partial charge in [0.15, 0.2) is 0 Å². The summed E-state index contributed by atoms with van der Waals surface area (Å²) < 4.78 is 10.4. The number of hydrogen-bond donors (Lipinski definition) is 1. The lowest BCUT2D eigenvalue weighted by molar-refractivity contribution is -0.132. The van der Waals surface area contributed by atoms with Crippen LogP contribution in [-0.4, -0.2) is 35.6 Å². The number of likely N-dealkylation sites (tertiary alicyclic amines) is 1. The van der Waals surface area contributed by atoms with Gasteiger partial charge in [-0.1, -0.05) is 12.1 Å². The van der Waals surface area contributed by atoms with Gasteiger partial charge in [0, 0.05) is 25.4 Å². The van der Waals surface area contributed by atoms with E-state index in [9.17, 15) is 9.90 Å². The fraction of sp³-hybridized carbons (Fsp3) is 0.450. The molecule has 3 rings (SSSR count).